The van der Waals surface area contributed by atoms with E-state index >= 15 is 0 Å². The number of phenolic OH excluding ortho intramolecular Hbond substituents is 1. The Morgan fingerprint density at radius 1 is 1.04 bits per heavy atom. The molecule has 0 spiro atoms. The van der Waals surface area contributed by atoms with E-state index in [1.54, 1.807) is 12.1 Å². The molecule has 4 rings (SSSR count). The van der Waals surface area contributed by atoms with Gasteiger partial charge in [0.25, 0.3) is 0 Å². The molecule has 26 heavy (non-hydrogen) atoms. The Morgan fingerprint density at radius 3 is 2.62 bits per heavy atom. The summed E-state index contributed by atoms with van der Waals surface area (Å²) in [5, 5.41) is 16.3. The molecule has 1 aliphatic carbocycles. The number of ether oxygens (including phenoxy) is 2. The highest BCUT2D eigenvalue weighted by Gasteiger charge is 2.17. The van der Waals surface area contributed by atoms with Gasteiger partial charge in [-0.2, -0.15) is 0 Å². The zero-order chi connectivity index (χ0) is 17.8. The normalized spacial score (nSPS) is 16.7. The van der Waals surface area contributed by atoms with E-state index in [2.05, 4.69) is 10.6 Å². The number of nitrogens with zero attached hydrogens (tertiary/aromatic N) is 1. The van der Waals surface area contributed by atoms with Gasteiger partial charge in [-0.05, 0) is 54.8 Å². The zero-order valence-electron chi connectivity index (χ0n) is 14.6. The zero-order valence-corrected chi connectivity index (χ0v) is 14.6. The molecule has 0 bridgehead atoms. The van der Waals surface area contributed by atoms with Gasteiger partial charge in [0.2, 0.25) is 6.79 Å². The van der Waals surface area contributed by atoms with E-state index in [1.807, 2.05) is 30.3 Å². The number of guanidine groups is 1. The van der Waals surface area contributed by atoms with Crippen molar-refractivity contribution in [1.82, 2.24) is 5.32 Å². The van der Waals surface area contributed by atoms with Crippen LogP contribution >= 0.6 is 0 Å². The Hall–Kier alpha value is -2.89. The van der Waals surface area contributed by atoms with Gasteiger partial charge >= 0.3 is 0 Å². The number of fused-ring (bicyclic) bond motifs is 1. The molecule has 6 heteroatoms. The van der Waals surface area contributed by atoms with Gasteiger partial charge in [-0.15, -0.1) is 0 Å². The fourth-order valence-electron chi connectivity index (χ4n) is 3.28. The van der Waals surface area contributed by atoms with E-state index in [0.29, 0.717) is 12.6 Å². The second-order valence-corrected chi connectivity index (χ2v) is 6.65. The summed E-state index contributed by atoms with van der Waals surface area (Å²) in [6.07, 6.45) is 4.85. The van der Waals surface area contributed by atoms with Crippen LogP contribution < -0.4 is 20.1 Å². The molecule has 0 unspecified atom stereocenters. The minimum Gasteiger partial charge on any atom is -0.508 e. The van der Waals surface area contributed by atoms with Crippen LogP contribution in [-0.2, 0) is 6.54 Å². The maximum Gasteiger partial charge on any atom is 0.231 e. The van der Waals surface area contributed by atoms with Crippen LogP contribution in [0.4, 0.5) is 5.69 Å². The van der Waals surface area contributed by atoms with E-state index < -0.39 is 0 Å². The standard InChI is InChI=1S/C20H23N3O3/c24-17-8-6-16(7-9-17)23-20(22-15-3-1-2-4-15)21-12-14-5-10-18-19(11-14)26-13-25-18/h5-11,15,24H,1-4,12-13H2,(H2,21,22,23). The van der Waals surface area contributed by atoms with Gasteiger partial charge in [-0.3, -0.25) is 0 Å². The van der Waals surface area contributed by atoms with Crippen LogP contribution in [0.1, 0.15) is 31.2 Å². The van der Waals surface area contributed by atoms with Crippen molar-refractivity contribution in [2.75, 3.05) is 12.1 Å². The lowest BCUT2D eigenvalue weighted by molar-refractivity contribution is 0.174. The summed E-state index contributed by atoms with van der Waals surface area (Å²) in [5.74, 6) is 2.55. The highest BCUT2D eigenvalue weighted by molar-refractivity contribution is 5.93. The molecule has 1 aliphatic heterocycles. The maximum atomic E-state index is 9.45. The van der Waals surface area contributed by atoms with Crippen molar-refractivity contribution in [1.29, 1.82) is 0 Å². The molecule has 2 aliphatic rings. The quantitative estimate of drug-likeness (QED) is 0.445. The Morgan fingerprint density at radius 2 is 1.81 bits per heavy atom. The van der Waals surface area contributed by atoms with Crippen LogP contribution in [0.25, 0.3) is 0 Å². The van der Waals surface area contributed by atoms with Crippen molar-refractivity contribution in [3.63, 3.8) is 0 Å². The number of hydrogen-bond donors (Lipinski definition) is 3. The molecular formula is C20H23N3O3. The van der Waals surface area contributed by atoms with Crippen molar-refractivity contribution < 1.29 is 14.6 Å². The first-order valence-corrected chi connectivity index (χ1v) is 9.02. The summed E-state index contributed by atoms with van der Waals surface area (Å²) in [4.78, 5) is 4.74. The lowest BCUT2D eigenvalue weighted by Gasteiger charge is -2.17. The third kappa shape index (κ3) is 4.02. The number of rotatable bonds is 4. The molecule has 1 heterocycles. The fourth-order valence-corrected chi connectivity index (χ4v) is 3.28. The SMILES string of the molecule is Oc1ccc(NC(=NCc2ccc3c(c2)OCO3)NC2CCCC2)cc1. The molecule has 1 fully saturated rings. The predicted molar refractivity (Wildman–Crippen MR) is 101 cm³/mol. The maximum absolute atomic E-state index is 9.45. The number of aromatic hydroxyl groups is 1. The molecular weight excluding hydrogens is 330 g/mol. The van der Waals surface area contributed by atoms with Crippen LogP contribution in [0, 0.1) is 0 Å². The van der Waals surface area contributed by atoms with Crippen molar-refractivity contribution in [2.45, 2.75) is 38.3 Å². The molecule has 3 N–H and O–H groups in total. The van der Waals surface area contributed by atoms with Crippen LogP contribution in [0.2, 0.25) is 0 Å². The minimum atomic E-state index is 0.248. The number of anilines is 1. The monoisotopic (exact) mass is 353 g/mol. The Kier molecular flexibility index (Phi) is 4.82. The van der Waals surface area contributed by atoms with Crippen molar-refractivity contribution >= 4 is 11.6 Å². The molecule has 0 saturated heterocycles. The van der Waals surface area contributed by atoms with Crippen LogP contribution in [0.3, 0.4) is 0 Å². The molecule has 6 nitrogen and oxygen atoms in total. The van der Waals surface area contributed by atoms with Crippen LogP contribution in [-0.4, -0.2) is 23.9 Å². The number of nitrogens with one attached hydrogen (secondary N) is 2. The molecule has 0 amide bonds. The first kappa shape index (κ1) is 16.6. The topological polar surface area (TPSA) is 75.1 Å². The third-order valence-corrected chi connectivity index (χ3v) is 4.68. The summed E-state index contributed by atoms with van der Waals surface area (Å²) >= 11 is 0. The van der Waals surface area contributed by atoms with Crippen molar-refractivity contribution in [3.05, 3.63) is 48.0 Å². The fraction of sp³-hybridized carbons (Fsp3) is 0.350. The van der Waals surface area contributed by atoms with Crippen molar-refractivity contribution in [3.8, 4) is 17.2 Å². The van der Waals surface area contributed by atoms with Crippen LogP contribution in [0.5, 0.6) is 17.2 Å². The van der Waals surface area contributed by atoms with Crippen molar-refractivity contribution in [2.24, 2.45) is 4.99 Å². The van der Waals surface area contributed by atoms with E-state index in [9.17, 15) is 5.11 Å². The Labute approximate surface area is 152 Å². The molecule has 0 radical (unpaired) electrons. The molecule has 1 saturated carbocycles. The second kappa shape index (κ2) is 7.56. The number of benzene rings is 2. The van der Waals surface area contributed by atoms with Gasteiger partial charge in [0.05, 0.1) is 6.54 Å². The van der Waals surface area contributed by atoms with E-state index in [-0.39, 0.29) is 12.5 Å². The predicted octanol–water partition coefficient (Wildman–Crippen LogP) is 3.62. The van der Waals surface area contributed by atoms with Gasteiger partial charge in [-0.1, -0.05) is 18.9 Å². The summed E-state index contributed by atoms with van der Waals surface area (Å²) < 4.78 is 10.8. The number of hydrogen-bond acceptors (Lipinski definition) is 4. The average molecular weight is 353 g/mol. The van der Waals surface area contributed by atoms with Gasteiger partial charge in [0.1, 0.15) is 5.75 Å². The second-order valence-electron chi connectivity index (χ2n) is 6.65. The largest absolute Gasteiger partial charge is 0.508 e. The van der Waals surface area contributed by atoms with Gasteiger partial charge in [0.15, 0.2) is 17.5 Å². The molecule has 136 valence electrons. The number of aliphatic imine (C=N–C) groups is 1. The lowest BCUT2D eigenvalue weighted by Crippen LogP contribution is -2.37. The highest BCUT2D eigenvalue weighted by Crippen LogP contribution is 2.32. The minimum absolute atomic E-state index is 0.248. The third-order valence-electron chi connectivity index (χ3n) is 4.68. The summed E-state index contributed by atoms with van der Waals surface area (Å²) in [5.41, 5.74) is 1.95. The Balaban J connectivity index is 1.48. The lowest BCUT2D eigenvalue weighted by atomic mass is 10.2. The summed E-state index contributed by atoms with van der Waals surface area (Å²) in [6.45, 7) is 0.815. The highest BCUT2D eigenvalue weighted by atomic mass is 16.7. The molecule has 2 aromatic carbocycles. The van der Waals surface area contributed by atoms with E-state index in [4.69, 9.17) is 14.5 Å². The summed E-state index contributed by atoms with van der Waals surface area (Å²) in [7, 11) is 0. The van der Waals surface area contributed by atoms with Gasteiger partial charge in [0, 0.05) is 11.7 Å². The van der Waals surface area contributed by atoms with E-state index in [0.717, 1.165) is 28.7 Å². The summed E-state index contributed by atoms with van der Waals surface area (Å²) in [6, 6.07) is 13.3. The molecule has 0 atom stereocenters. The smallest absolute Gasteiger partial charge is 0.231 e. The molecule has 0 aromatic heterocycles. The average Bonchev–Trinajstić information content (AvgIpc) is 3.32. The first-order chi connectivity index (χ1) is 12.8. The number of phenols is 1. The molecule has 2 aromatic rings. The first-order valence-electron chi connectivity index (χ1n) is 9.02. The van der Waals surface area contributed by atoms with Gasteiger partial charge < -0.3 is 25.2 Å². The Bertz CT molecular complexity index is 783. The van der Waals surface area contributed by atoms with E-state index in [1.165, 1.54) is 25.7 Å². The van der Waals surface area contributed by atoms with Gasteiger partial charge in [-0.25, -0.2) is 4.99 Å². The van der Waals surface area contributed by atoms with Crippen LogP contribution in [0.15, 0.2) is 47.5 Å².